The number of carbonyl (C=O) groups is 1. The second-order valence-electron chi connectivity index (χ2n) is 6.52. The summed E-state index contributed by atoms with van der Waals surface area (Å²) in [7, 11) is 0. The summed E-state index contributed by atoms with van der Waals surface area (Å²) in [5.74, 6) is -0.611. The Morgan fingerprint density at radius 2 is 1.96 bits per heavy atom. The number of halogens is 2. The van der Waals surface area contributed by atoms with E-state index in [9.17, 15) is 13.6 Å². The van der Waals surface area contributed by atoms with Gasteiger partial charge in [-0.15, -0.1) is 0 Å². The predicted molar refractivity (Wildman–Crippen MR) is 97.5 cm³/mol. The van der Waals surface area contributed by atoms with E-state index in [1.807, 2.05) is 12.3 Å². The number of H-pyrrole nitrogens is 1. The monoisotopic (exact) mass is 352 g/mol. The molecule has 0 radical (unpaired) electrons. The zero-order valence-electron chi connectivity index (χ0n) is 14.1. The molecule has 5 heteroatoms. The number of benzene rings is 2. The van der Waals surface area contributed by atoms with Crippen LogP contribution in [0.1, 0.15) is 17.5 Å². The lowest BCUT2D eigenvalue weighted by atomic mass is 9.98. The molecule has 0 aliphatic carbocycles. The summed E-state index contributed by atoms with van der Waals surface area (Å²) in [6.45, 7) is 1.10. The first-order valence-corrected chi connectivity index (χ1v) is 8.58. The van der Waals surface area contributed by atoms with Crippen LogP contribution in [0.25, 0.3) is 16.5 Å². The SMILES string of the molecule is O=C(Cc1cccc(F)c1)N1CC=C(c2c[nH]c3ccc(F)cc23)CC1. The third kappa shape index (κ3) is 3.25. The highest BCUT2D eigenvalue weighted by molar-refractivity contribution is 5.93. The maximum Gasteiger partial charge on any atom is 0.227 e. The average Bonchev–Trinajstić information content (AvgIpc) is 3.05. The van der Waals surface area contributed by atoms with E-state index < -0.39 is 0 Å². The van der Waals surface area contributed by atoms with Gasteiger partial charge in [-0.05, 0) is 47.9 Å². The van der Waals surface area contributed by atoms with Crippen LogP contribution in [0.3, 0.4) is 0 Å². The maximum atomic E-state index is 13.6. The van der Waals surface area contributed by atoms with Gasteiger partial charge in [-0.3, -0.25) is 4.79 Å². The normalized spacial score (nSPS) is 14.5. The first-order chi connectivity index (χ1) is 12.6. The van der Waals surface area contributed by atoms with Gasteiger partial charge in [-0.1, -0.05) is 18.2 Å². The molecule has 1 N–H and O–H groups in total. The standard InChI is InChI=1S/C21H18F2N2O/c22-16-3-1-2-14(10-16)11-21(26)25-8-6-15(7-9-25)19-13-24-20-5-4-17(23)12-18(19)20/h1-6,10,12-13,24H,7-9,11H2. The van der Waals surface area contributed by atoms with Crippen LogP contribution in [-0.2, 0) is 11.2 Å². The Labute approximate surface area is 149 Å². The first-order valence-electron chi connectivity index (χ1n) is 8.58. The largest absolute Gasteiger partial charge is 0.361 e. The zero-order valence-corrected chi connectivity index (χ0v) is 14.1. The number of amides is 1. The fourth-order valence-corrected chi connectivity index (χ4v) is 3.43. The minimum Gasteiger partial charge on any atom is -0.361 e. The molecular formula is C21H18F2N2O. The average molecular weight is 352 g/mol. The second kappa shape index (κ2) is 6.75. The molecule has 0 spiro atoms. The van der Waals surface area contributed by atoms with Crippen LogP contribution in [0, 0.1) is 11.6 Å². The number of rotatable bonds is 3. The third-order valence-electron chi connectivity index (χ3n) is 4.80. The number of aromatic amines is 1. The quantitative estimate of drug-likeness (QED) is 0.749. The molecule has 0 saturated heterocycles. The molecule has 2 aromatic carbocycles. The lowest BCUT2D eigenvalue weighted by Gasteiger charge is -2.26. The molecule has 1 aliphatic heterocycles. The smallest absolute Gasteiger partial charge is 0.227 e. The molecule has 1 aromatic heterocycles. The maximum absolute atomic E-state index is 13.6. The molecular weight excluding hydrogens is 334 g/mol. The fourth-order valence-electron chi connectivity index (χ4n) is 3.43. The molecule has 1 aliphatic rings. The van der Waals surface area contributed by atoms with Gasteiger partial charge in [-0.2, -0.15) is 0 Å². The van der Waals surface area contributed by atoms with Gasteiger partial charge in [0, 0.05) is 35.8 Å². The van der Waals surface area contributed by atoms with E-state index in [-0.39, 0.29) is 24.0 Å². The van der Waals surface area contributed by atoms with Crippen LogP contribution >= 0.6 is 0 Å². The number of fused-ring (bicyclic) bond motifs is 1. The number of hydrogen-bond acceptors (Lipinski definition) is 1. The summed E-state index contributed by atoms with van der Waals surface area (Å²) in [4.78, 5) is 17.4. The molecule has 3 aromatic rings. The Balaban J connectivity index is 1.49. The summed E-state index contributed by atoms with van der Waals surface area (Å²) in [6.07, 6.45) is 4.80. The van der Waals surface area contributed by atoms with E-state index in [0.29, 0.717) is 25.1 Å². The molecule has 3 nitrogen and oxygen atoms in total. The molecule has 132 valence electrons. The van der Waals surface area contributed by atoms with Gasteiger partial charge in [0.05, 0.1) is 6.42 Å². The van der Waals surface area contributed by atoms with Crippen molar-refractivity contribution in [1.29, 1.82) is 0 Å². The molecule has 0 bridgehead atoms. The predicted octanol–water partition coefficient (Wildman–Crippen LogP) is 4.30. The first kappa shape index (κ1) is 16.5. The minimum absolute atomic E-state index is 0.0177. The Morgan fingerprint density at radius 1 is 1.12 bits per heavy atom. The van der Waals surface area contributed by atoms with Crippen LogP contribution in [0.4, 0.5) is 8.78 Å². The summed E-state index contributed by atoms with van der Waals surface area (Å²) in [6, 6.07) is 10.8. The second-order valence-corrected chi connectivity index (χ2v) is 6.52. The van der Waals surface area contributed by atoms with Gasteiger partial charge in [0.1, 0.15) is 11.6 Å². The Bertz CT molecular complexity index is 1010. The van der Waals surface area contributed by atoms with Gasteiger partial charge >= 0.3 is 0 Å². The minimum atomic E-state index is -0.331. The van der Waals surface area contributed by atoms with Crippen molar-refractivity contribution in [3.05, 3.63) is 77.5 Å². The van der Waals surface area contributed by atoms with Gasteiger partial charge in [0.2, 0.25) is 5.91 Å². The number of aromatic nitrogens is 1. The van der Waals surface area contributed by atoms with Crippen LogP contribution in [0.5, 0.6) is 0 Å². The van der Waals surface area contributed by atoms with Gasteiger partial charge < -0.3 is 9.88 Å². The molecule has 0 saturated carbocycles. The van der Waals surface area contributed by atoms with Gasteiger partial charge in [0.15, 0.2) is 0 Å². The molecule has 1 amide bonds. The Kier molecular flexibility index (Phi) is 4.29. The lowest BCUT2D eigenvalue weighted by molar-refractivity contribution is -0.130. The highest BCUT2D eigenvalue weighted by Gasteiger charge is 2.20. The summed E-state index contributed by atoms with van der Waals surface area (Å²) >= 11 is 0. The molecule has 0 unspecified atom stereocenters. The van der Waals surface area contributed by atoms with E-state index in [2.05, 4.69) is 4.98 Å². The van der Waals surface area contributed by atoms with Crippen LogP contribution < -0.4 is 0 Å². The molecule has 0 atom stereocenters. The van der Waals surface area contributed by atoms with Crippen molar-refractivity contribution in [2.45, 2.75) is 12.8 Å². The number of nitrogens with zero attached hydrogens (tertiary/aromatic N) is 1. The van der Waals surface area contributed by atoms with E-state index in [1.54, 1.807) is 23.1 Å². The van der Waals surface area contributed by atoms with Crippen molar-refractivity contribution in [2.24, 2.45) is 0 Å². The van der Waals surface area contributed by atoms with Crippen molar-refractivity contribution in [2.75, 3.05) is 13.1 Å². The summed E-state index contributed by atoms with van der Waals surface area (Å²) in [5, 5.41) is 0.857. The molecule has 0 fully saturated rings. The van der Waals surface area contributed by atoms with Crippen molar-refractivity contribution < 1.29 is 13.6 Å². The molecule has 4 rings (SSSR count). The van der Waals surface area contributed by atoms with E-state index in [4.69, 9.17) is 0 Å². The van der Waals surface area contributed by atoms with E-state index in [0.717, 1.165) is 22.0 Å². The third-order valence-corrected chi connectivity index (χ3v) is 4.80. The molecule has 2 heterocycles. The van der Waals surface area contributed by atoms with Crippen LogP contribution in [-0.4, -0.2) is 28.9 Å². The molecule has 26 heavy (non-hydrogen) atoms. The Morgan fingerprint density at radius 3 is 2.73 bits per heavy atom. The fraction of sp³-hybridized carbons (Fsp3) is 0.190. The van der Waals surface area contributed by atoms with Crippen LogP contribution in [0.15, 0.2) is 54.7 Å². The van der Waals surface area contributed by atoms with Crippen molar-refractivity contribution in [3.8, 4) is 0 Å². The van der Waals surface area contributed by atoms with Gasteiger partial charge in [0.25, 0.3) is 0 Å². The van der Waals surface area contributed by atoms with Crippen molar-refractivity contribution in [3.63, 3.8) is 0 Å². The van der Waals surface area contributed by atoms with Crippen molar-refractivity contribution >= 4 is 22.4 Å². The highest BCUT2D eigenvalue weighted by atomic mass is 19.1. The topological polar surface area (TPSA) is 36.1 Å². The Hall–Kier alpha value is -2.95. The van der Waals surface area contributed by atoms with Gasteiger partial charge in [-0.25, -0.2) is 8.78 Å². The lowest BCUT2D eigenvalue weighted by Crippen LogP contribution is -2.35. The number of carbonyl (C=O) groups excluding carboxylic acids is 1. The van der Waals surface area contributed by atoms with E-state index in [1.165, 1.54) is 24.3 Å². The number of hydrogen-bond donors (Lipinski definition) is 1. The van der Waals surface area contributed by atoms with Crippen molar-refractivity contribution in [1.82, 2.24) is 9.88 Å². The summed E-state index contributed by atoms with van der Waals surface area (Å²) < 4.78 is 26.8. The number of nitrogens with one attached hydrogen (secondary N) is 1. The zero-order chi connectivity index (χ0) is 18.1. The summed E-state index contributed by atoms with van der Waals surface area (Å²) in [5.41, 5.74) is 3.66. The van der Waals surface area contributed by atoms with E-state index >= 15 is 0 Å². The highest BCUT2D eigenvalue weighted by Crippen LogP contribution is 2.29. The van der Waals surface area contributed by atoms with Crippen LogP contribution in [0.2, 0.25) is 0 Å².